The topological polar surface area (TPSA) is 33.1 Å². The van der Waals surface area contributed by atoms with Gasteiger partial charge in [-0.3, -0.25) is 4.98 Å². The lowest BCUT2D eigenvalue weighted by Crippen LogP contribution is -2.09. The highest BCUT2D eigenvalue weighted by molar-refractivity contribution is 5.34. The number of rotatable bonds is 3. The fourth-order valence-electron chi connectivity index (χ4n) is 2.86. The number of nitrogens with zero attached hydrogens (tertiary/aromatic N) is 1. The van der Waals surface area contributed by atoms with Crippen LogP contribution in [0.25, 0.3) is 0 Å². The number of pyridine rings is 1. The molecule has 1 atom stereocenters. The van der Waals surface area contributed by atoms with Gasteiger partial charge < -0.3 is 5.11 Å². The number of hydrogen-bond acceptors (Lipinski definition) is 2. The van der Waals surface area contributed by atoms with Crippen molar-refractivity contribution in [3.05, 3.63) is 64.5 Å². The fourth-order valence-corrected chi connectivity index (χ4v) is 2.86. The van der Waals surface area contributed by atoms with Crippen LogP contribution in [0.2, 0.25) is 0 Å². The van der Waals surface area contributed by atoms with Gasteiger partial charge in [0.25, 0.3) is 0 Å². The molecule has 20 heavy (non-hydrogen) atoms. The minimum atomic E-state index is -0.633. The third kappa shape index (κ3) is 2.48. The van der Waals surface area contributed by atoms with Gasteiger partial charge >= 0.3 is 0 Å². The zero-order valence-electron chi connectivity index (χ0n) is 12.1. The van der Waals surface area contributed by atoms with E-state index in [0.29, 0.717) is 0 Å². The third-order valence-electron chi connectivity index (χ3n) is 4.34. The monoisotopic (exact) mass is 267 g/mol. The lowest BCUT2D eigenvalue weighted by molar-refractivity contribution is 0.214. The van der Waals surface area contributed by atoms with Gasteiger partial charge in [0.15, 0.2) is 0 Å². The second-order valence-electron chi connectivity index (χ2n) is 5.91. The van der Waals surface area contributed by atoms with Crippen molar-refractivity contribution in [2.75, 3.05) is 0 Å². The summed E-state index contributed by atoms with van der Waals surface area (Å²) in [4.78, 5) is 4.39. The Bertz CT molecular complexity index is 599. The lowest BCUT2D eigenvalue weighted by Gasteiger charge is -2.26. The minimum absolute atomic E-state index is 0.633. The molecule has 2 nitrogen and oxygen atoms in total. The molecule has 0 bridgehead atoms. The van der Waals surface area contributed by atoms with E-state index in [2.05, 4.69) is 23.2 Å². The van der Waals surface area contributed by atoms with E-state index in [1.54, 1.807) is 0 Å². The molecule has 3 rings (SSSR count). The average Bonchev–Trinajstić information content (AvgIpc) is 2.37. The molecule has 1 aliphatic rings. The predicted molar refractivity (Wildman–Crippen MR) is 80.8 cm³/mol. The van der Waals surface area contributed by atoms with Gasteiger partial charge in [0.2, 0.25) is 0 Å². The molecule has 0 aliphatic heterocycles. The maximum Gasteiger partial charge on any atom is 0.121 e. The summed E-state index contributed by atoms with van der Waals surface area (Å²) in [6.07, 6.45) is 5.14. The molecule has 1 aliphatic carbocycles. The van der Waals surface area contributed by atoms with Crippen LogP contribution in [0.1, 0.15) is 59.2 Å². The van der Waals surface area contributed by atoms with Crippen molar-refractivity contribution >= 4 is 0 Å². The standard InChI is InChI=1S/C18H21NO/c1-12-10-13(2)17(19-11-12)18(20)16-8-6-15(7-9-16)14-4-3-5-14/h6-11,14,18,20H,3-5H2,1-2H3. The Balaban J connectivity index is 1.84. The molecule has 0 radical (unpaired) electrons. The van der Waals surface area contributed by atoms with Crippen molar-refractivity contribution in [2.45, 2.75) is 45.1 Å². The van der Waals surface area contributed by atoms with Crippen molar-refractivity contribution in [3.63, 3.8) is 0 Å². The molecule has 1 heterocycles. The van der Waals surface area contributed by atoms with E-state index in [1.807, 2.05) is 32.2 Å². The zero-order chi connectivity index (χ0) is 14.1. The second kappa shape index (κ2) is 5.37. The summed E-state index contributed by atoms with van der Waals surface area (Å²) in [6, 6.07) is 10.5. The van der Waals surface area contributed by atoms with Crippen LogP contribution < -0.4 is 0 Å². The molecule has 1 aromatic carbocycles. The molecule has 1 aromatic heterocycles. The van der Waals surface area contributed by atoms with Crippen LogP contribution in [0, 0.1) is 13.8 Å². The number of aliphatic hydroxyl groups excluding tert-OH is 1. The number of aromatic nitrogens is 1. The first-order valence-corrected chi connectivity index (χ1v) is 7.36. The molecular formula is C18H21NO. The molecule has 0 amide bonds. The largest absolute Gasteiger partial charge is 0.382 e. The highest BCUT2D eigenvalue weighted by Crippen LogP contribution is 2.36. The summed E-state index contributed by atoms with van der Waals surface area (Å²) in [5.74, 6) is 0.737. The van der Waals surface area contributed by atoms with Crippen molar-refractivity contribution in [1.82, 2.24) is 4.98 Å². The van der Waals surface area contributed by atoms with Crippen molar-refractivity contribution in [3.8, 4) is 0 Å². The van der Waals surface area contributed by atoms with Gasteiger partial charge in [-0.1, -0.05) is 36.8 Å². The molecule has 1 unspecified atom stereocenters. The van der Waals surface area contributed by atoms with Gasteiger partial charge in [0.05, 0.1) is 5.69 Å². The van der Waals surface area contributed by atoms with Crippen molar-refractivity contribution < 1.29 is 5.11 Å². The lowest BCUT2D eigenvalue weighted by atomic mass is 9.80. The van der Waals surface area contributed by atoms with E-state index in [9.17, 15) is 5.11 Å². The van der Waals surface area contributed by atoms with E-state index >= 15 is 0 Å². The van der Waals surface area contributed by atoms with Crippen molar-refractivity contribution in [2.24, 2.45) is 0 Å². The van der Waals surface area contributed by atoms with Gasteiger partial charge in [0.1, 0.15) is 6.10 Å². The quantitative estimate of drug-likeness (QED) is 0.910. The first-order valence-electron chi connectivity index (χ1n) is 7.36. The van der Waals surface area contributed by atoms with Crippen molar-refractivity contribution in [1.29, 1.82) is 0 Å². The number of aryl methyl sites for hydroxylation is 2. The summed E-state index contributed by atoms with van der Waals surface area (Å²) in [5.41, 5.74) is 5.25. The van der Waals surface area contributed by atoms with E-state index in [0.717, 1.165) is 28.3 Å². The molecular weight excluding hydrogens is 246 g/mol. The average molecular weight is 267 g/mol. The second-order valence-corrected chi connectivity index (χ2v) is 5.91. The first-order chi connectivity index (χ1) is 9.65. The molecule has 0 spiro atoms. The van der Waals surface area contributed by atoms with Gasteiger partial charge in [0, 0.05) is 6.20 Å². The smallest absolute Gasteiger partial charge is 0.121 e. The maximum atomic E-state index is 10.5. The summed E-state index contributed by atoms with van der Waals surface area (Å²) < 4.78 is 0. The van der Waals surface area contributed by atoms with Gasteiger partial charge in [-0.25, -0.2) is 0 Å². The fraction of sp³-hybridized carbons (Fsp3) is 0.389. The maximum absolute atomic E-state index is 10.5. The van der Waals surface area contributed by atoms with E-state index in [4.69, 9.17) is 0 Å². The molecule has 2 heteroatoms. The Morgan fingerprint density at radius 2 is 1.85 bits per heavy atom. The Kier molecular flexibility index (Phi) is 3.58. The summed E-state index contributed by atoms with van der Waals surface area (Å²) in [5, 5.41) is 10.5. The number of aliphatic hydroxyl groups is 1. The van der Waals surface area contributed by atoms with Crippen LogP contribution in [-0.2, 0) is 0 Å². The van der Waals surface area contributed by atoms with Gasteiger partial charge in [-0.05, 0) is 54.9 Å². The molecule has 1 N–H and O–H groups in total. The highest BCUT2D eigenvalue weighted by Gasteiger charge is 2.20. The SMILES string of the molecule is Cc1cnc(C(O)c2ccc(C3CCC3)cc2)c(C)c1. The van der Waals surface area contributed by atoms with Crippen LogP contribution in [0.5, 0.6) is 0 Å². The van der Waals surface area contributed by atoms with Gasteiger partial charge in [-0.15, -0.1) is 0 Å². The van der Waals surface area contributed by atoms with Crippen LogP contribution in [0.15, 0.2) is 36.5 Å². The predicted octanol–water partition coefficient (Wildman–Crippen LogP) is 4.05. The van der Waals surface area contributed by atoms with E-state index in [1.165, 1.54) is 24.8 Å². The number of hydrogen-bond donors (Lipinski definition) is 1. The zero-order valence-corrected chi connectivity index (χ0v) is 12.1. The molecule has 0 saturated heterocycles. The van der Waals surface area contributed by atoms with E-state index < -0.39 is 6.10 Å². The molecule has 1 saturated carbocycles. The van der Waals surface area contributed by atoms with Crippen LogP contribution in [-0.4, -0.2) is 10.1 Å². The highest BCUT2D eigenvalue weighted by atomic mass is 16.3. The Labute approximate surface area is 120 Å². The minimum Gasteiger partial charge on any atom is -0.382 e. The summed E-state index contributed by atoms with van der Waals surface area (Å²) in [6.45, 7) is 4.02. The first kappa shape index (κ1) is 13.3. The summed E-state index contributed by atoms with van der Waals surface area (Å²) in [7, 11) is 0. The van der Waals surface area contributed by atoms with Crippen LogP contribution >= 0.6 is 0 Å². The Morgan fingerprint density at radius 1 is 1.15 bits per heavy atom. The normalized spacial score (nSPS) is 16.8. The Morgan fingerprint density at radius 3 is 2.40 bits per heavy atom. The van der Waals surface area contributed by atoms with Crippen LogP contribution in [0.4, 0.5) is 0 Å². The van der Waals surface area contributed by atoms with Gasteiger partial charge in [-0.2, -0.15) is 0 Å². The van der Waals surface area contributed by atoms with E-state index in [-0.39, 0.29) is 0 Å². The molecule has 104 valence electrons. The van der Waals surface area contributed by atoms with Crippen LogP contribution in [0.3, 0.4) is 0 Å². The summed E-state index contributed by atoms with van der Waals surface area (Å²) >= 11 is 0. The third-order valence-corrected chi connectivity index (χ3v) is 4.34. The number of benzene rings is 1. The Hall–Kier alpha value is -1.67. The molecule has 1 fully saturated rings. The molecule has 2 aromatic rings.